The molecule has 1 saturated heterocycles. The molecule has 2 rings (SSSR count). The van der Waals surface area contributed by atoms with Crippen molar-refractivity contribution in [2.24, 2.45) is 0 Å². The Labute approximate surface area is 89.3 Å². The van der Waals surface area contributed by atoms with E-state index in [4.69, 9.17) is 4.42 Å². The van der Waals surface area contributed by atoms with Gasteiger partial charge in [-0.15, -0.1) is 0 Å². The highest BCUT2D eigenvalue weighted by Crippen LogP contribution is 2.26. The van der Waals surface area contributed by atoms with Crippen LogP contribution in [0.25, 0.3) is 0 Å². The summed E-state index contributed by atoms with van der Waals surface area (Å²) < 4.78 is 5.40. The number of rotatable bonds is 4. The lowest BCUT2D eigenvalue weighted by molar-refractivity contribution is -0.107. The van der Waals surface area contributed by atoms with Crippen molar-refractivity contribution in [2.75, 3.05) is 19.6 Å². The number of hydrogen-bond donors (Lipinski definition) is 0. The number of aldehydes is 1. The number of carbonyl (C=O) groups is 1. The van der Waals surface area contributed by atoms with Gasteiger partial charge in [-0.2, -0.15) is 0 Å². The average Bonchev–Trinajstić information content (AvgIpc) is 2.85. The average molecular weight is 208 g/mol. The van der Waals surface area contributed by atoms with Gasteiger partial charge < -0.3 is 14.1 Å². The minimum absolute atomic E-state index is 0.355. The fourth-order valence-electron chi connectivity index (χ4n) is 2.01. The Morgan fingerprint density at radius 2 is 2.60 bits per heavy atom. The molecule has 0 N–H and O–H groups in total. The van der Waals surface area contributed by atoms with Crippen molar-refractivity contribution in [1.82, 2.24) is 9.88 Å². The van der Waals surface area contributed by atoms with Gasteiger partial charge in [0.15, 0.2) is 5.89 Å². The van der Waals surface area contributed by atoms with Crippen LogP contribution in [0.2, 0.25) is 0 Å². The van der Waals surface area contributed by atoms with E-state index in [0.29, 0.717) is 12.3 Å². The SMILES string of the molecule is CCN1CCC(c2nc(CC=O)co2)C1. The van der Waals surface area contributed by atoms with Crippen molar-refractivity contribution in [3.05, 3.63) is 17.8 Å². The van der Waals surface area contributed by atoms with Gasteiger partial charge in [-0.1, -0.05) is 6.92 Å². The van der Waals surface area contributed by atoms with Crippen molar-refractivity contribution < 1.29 is 9.21 Å². The van der Waals surface area contributed by atoms with E-state index in [1.165, 1.54) is 0 Å². The summed E-state index contributed by atoms with van der Waals surface area (Å²) in [6.07, 6.45) is 3.91. The van der Waals surface area contributed by atoms with Gasteiger partial charge in [-0.05, 0) is 19.5 Å². The summed E-state index contributed by atoms with van der Waals surface area (Å²) in [5.41, 5.74) is 0.745. The van der Waals surface area contributed by atoms with Gasteiger partial charge in [0.25, 0.3) is 0 Å². The predicted octanol–water partition coefficient (Wildman–Crippen LogP) is 1.23. The van der Waals surface area contributed by atoms with Crippen molar-refractivity contribution in [2.45, 2.75) is 25.7 Å². The van der Waals surface area contributed by atoms with E-state index in [2.05, 4.69) is 16.8 Å². The fourth-order valence-corrected chi connectivity index (χ4v) is 2.01. The van der Waals surface area contributed by atoms with Crippen molar-refractivity contribution in [3.63, 3.8) is 0 Å². The first-order valence-electron chi connectivity index (χ1n) is 5.43. The molecular formula is C11H16N2O2. The van der Waals surface area contributed by atoms with Crippen LogP contribution in [-0.2, 0) is 11.2 Å². The van der Waals surface area contributed by atoms with E-state index in [9.17, 15) is 4.79 Å². The molecule has 0 saturated carbocycles. The van der Waals surface area contributed by atoms with Crippen LogP contribution in [0.5, 0.6) is 0 Å². The topological polar surface area (TPSA) is 46.3 Å². The maximum absolute atomic E-state index is 10.3. The van der Waals surface area contributed by atoms with Gasteiger partial charge in [-0.25, -0.2) is 4.98 Å². The summed E-state index contributed by atoms with van der Waals surface area (Å²) in [5, 5.41) is 0. The summed E-state index contributed by atoms with van der Waals surface area (Å²) in [7, 11) is 0. The Balaban J connectivity index is 2.00. The third-order valence-electron chi connectivity index (χ3n) is 2.93. The molecule has 1 aromatic heterocycles. The Bertz CT molecular complexity index is 335. The number of likely N-dealkylation sites (tertiary alicyclic amines) is 1. The van der Waals surface area contributed by atoms with Crippen LogP contribution in [0, 0.1) is 0 Å². The highest BCUT2D eigenvalue weighted by molar-refractivity contribution is 5.53. The molecule has 0 bridgehead atoms. The number of carbonyl (C=O) groups excluding carboxylic acids is 1. The molecule has 0 aromatic carbocycles. The van der Waals surface area contributed by atoms with E-state index in [-0.39, 0.29) is 0 Å². The molecule has 1 aliphatic heterocycles. The number of hydrogen-bond acceptors (Lipinski definition) is 4. The summed E-state index contributed by atoms with van der Waals surface area (Å²) in [4.78, 5) is 17.0. The standard InChI is InChI=1S/C11H16N2O2/c1-2-13-5-3-9(7-13)11-12-10(4-6-14)8-15-11/h6,8-9H,2-5,7H2,1H3. The minimum atomic E-state index is 0.355. The normalized spacial score (nSPS) is 22.1. The number of aromatic nitrogens is 1. The van der Waals surface area contributed by atoms with Crippen molar-refractivity contribution in [3.8, 4) is 0 Å². The highest BCUT2D eigenvalue weighted by atomic mass is 16.3. The zero-order chi connectivity index (χ0) is 10.7. The van der Waals surface area contributed by atoms with Crippen LogP contribution < -0.4 is 0 Å². The lowest BCUT2D eigenvalue weighted by Gasteiger charge is -2.10. The Morgan fingerprint density at radius 1 is 1.73 bits per heavy atom. The molecule has 1 fully saturated rings. The Hall–Kier alpha value is -1.16. The molecule has 4 heteroatoms. The molecule has 0 spiro atoms. The van der Waals surface area contributed by atoms with E-state index < -0.39 is 0 Å². The number of oxazole rings is 1. The van der Waals surface area contributed by atoms with Crippen LogP contribution in [0.3, 0.4) is 0 Å². The molecule has 1 aliphatic rings. The van der Waals surface area contributed by atoms with Crippen LogP contribution in [0.15, 0.2) is 10.7 Å². The van der Waals surface area contributed by atoms with E-state index in [0.717, 1.165) is 43.9 Å². The van der Waals surface area contributed by atoms with Crippen molar-refractivity contribution >= 4 is 6.29 Å². The van der Waals surface area contributed by atoms with Gasteiger partial charge in [-0.3, -0.25) is 0 Å². The number of nitrogens with zero attached hydrogens (tertiary/aromatic N) is 2. The number of likely N-dealkylation sites (N-methyl/N-ethyl adjacent to an activating group) is 1. The first-order chi connectivity index (χ1) is 7.33. The van der Waals surface area contributed by atoms with Crippen LogP contribution >= 0.6 is 0 Å². The molecule has 0 aliphatic carbocycles. The van der Waals surface area contributed by atoms with Crippen LogP contribution in [0.4, 0.5) is 0 Å². The smallest absolute Gasteiger partial charge is 0.198 e. The minimum Gasteiger partial charge on any atom is -0.448 e. The Kier molecular flexibility index (Phi) is 3.16. The Morgan fingerprint density at radius 3 is 3.27 bits per heavy atom. The second-order valence-electron chi connectivity index (χ2n) is 3.93. The van der Waals surface area contributed by atoms with Gasteiger partial charge in [0, 0.05) is 18.9 Å². The van der Waals surface area contributed by atoms with Gasteiger partial charge in [0.1, 0.15) is 12.5 Å². The lowest BCUT2D eigenvalue weighted by atomic mass is 10.1. The van der Waals surface area contributed by atoms with Gasteiger partial charge in [0.2, 0.25) is 0 Å². The maximum atomic E-state index is 10.3. The van der Waals surface area contributed by atoms with Crippen LogP contribution in [-0.4, -0.2) is 35.8 Å². The van der Waals surface area contributed by atoms with Crippen molar-refractivity contribution in [1.29, 1.82) is 0 Å². The molecule has 1 aromatic rings. The molecule has 1 atom stereocenters. The predicted molar refractivity (Wildman–Crippen MR) is 55.7 cm³/mol. The summed E-state index contributed by atoms with van der Waals surface area (Å²) >= 11 is 0. The fraction of sp³-hybridized carbons (Fsp3) is 0.636. The highest BCUT2D eigenvalue weighted by Gasteiger charge is 2.26. The first-order valence-corrected chi connectivity index (χ1v) is 5.43. The van der Waals surface area contributed by atoms with E-state index in [1.54, 1.807) is 6.26 Å². The summed E-state index contributed by atoms with van der Waals surface area (Å²) in [5.74, 6) is 1.20. The lowest BCUT2D eigenvalue weighted by Crippen LogP contribution is -2.19. The second-order valence-corrected chi connectivity index (χ2v) is 3.93. The monoisotopic (exact) mass is 208 g/mol. The molecule has 2 heterocycles. The molecule has 1 unspecified atom stereocenters. The first kappa shape index (κ1) is 10.4. The zero-order valence-electron chi connectivity index (χ0n) is 8.98. The van der Waals surface area contributed by atoms with E-state index >= 15 is 0 Å². The van der Waals surface area contributed by atoms with Gasteiger partial charge in [0.05, 0.1) is 5.69 Å². The summed E-state index contributed by atoms with van der Waals surface area (Å²) in [6.45, 7) is 5.39. The molecule has 82 valence electrons. The molecule has 4 nitrogen and oxygen atoms in total. The second kappa shape index (κ2) is 4.57. The largest absolute Gasteiger partial charge is 0.448 e. The van der Waals surface area contributed by atoms with E-state index in [1.807, 2.05) is 0 Å². The molecule has 15 heavy (non-hydrogen) atoms. The molecular weight excluding hydrogens is 192 g/mol. The zero-order valence-corrected chi connectivity index (χ0v) is 8.98. The van der Waals surface area contributed by atoms with Gasteiger partial charge >= 0.3 is 0 Å². The maximum Gasteiger partial charge on any atom is 0.198 e. The molecule has 0 radical (unpaired) electrons. The third kappa shape index (κ3) is 2.26. The third-order valence-corrected chi connectivity index (χ3v) is 2.93. The van der Waals surface area contributed by atoms with Crippen LogP contribution in [0.1, 0.15) is 30.8 Å². The molecule has 0 amide bonds. The quantitative estimate of drug-likeness (QED) is 0.698. The summed E-state index contributed by atoms with van der Waals surface area (Å²) in [6, 6.07) is 0.